The van der Waals surface area contributed by atoms with Gasteiger partial charge in [-0.15, -0.1) is 11.3 Å². The highest BCUT2D eigenvalue weighted by atomic mass is 32.1. The van der Waals surface area contributed by atoms with Gasteiger partial charge in [-0.3, -0.25) is 9.59 Å². The highest BCUT2D eigenvalue weighted by Gasteiger charge is 2.34. The van der Waals surface area contributed by atoms with E-state index in [-0.39, 0.29) is 17.2 Å². The Hall–Kier alpha value is -2.14. The van der Waals surface area contributed by atoms with Gasteiger partial charge in [-0.1, -0.05) is 39.0 Å². The van der Waals surface area contributed by atoms with Gasteiger partial charge in [0.1, 0.15) is 5.00 Å². The predicted octanol–water partition coefficient (Wildman–Crippen LogP) is 4.82. The molecule has 0 aliphatic heterocycles. The zero-order chi connectivity index (χ0) is 19.8. The van der Waals surface area contributed by atoms with Gasteiger partial charge >= 0.3 is 0 Å². The summed E-state index contributed by atoms with van der Waals surface area (Å²) in [5.74, 6) is 0.298. The minimum Gasteiger partial charge on any atom is -0.355 e. The number of carbonyl (C=O) groups is 2. The standard InChI is InChI=1S/C22H28N2O2S/c1-13-8-6-7-9-15(13)19(25)24-21-18(20(26)23-5)16-11-10-14(22(2,3)4)12-17(16)27-21/h6-9,14H,10-12H2,1-5H3,(H,23,26)(H,24,25)/t14-/m1/s1. The molecule has 1 atom stereocenters. The Morgan fingerprint density at radius 3 is 2.48 bits per heavy atom. The van der Waals surface area contributed by atoms with Crippen LogP contribution in [0.2, 0.25) is 0 Å². The molecular weight excluding hydrogens is 356 g/mol. The predicted molar refractivity (Wildman–Crippen MR) is 112 cm³/mol. The van der Waals surface area contributed by atoms with E-state index < -0.39 is 0 Å². The molecule has 0 saturated carbocycles. The molecule has 0 bridgehead atoms. The van der Waals surface area contributed by atoms with Crippen molar-refractivity contribution in [2.45, 2.75) is 47.0 Å². The molecule has 0 fully saturated rings. The summed E-state index contributed by atoms with van der Waals surface area (Å²) < 4.78 is 0. The molecule has 5 heteroatoms. The second-order valence-electron chi connectivity index (χ2n) is 8.36. The zero-order valence-corrected chi connectivity index (χ0v) is 17.5. The summed E-state index contributed by atoms with van der Waals surface area (Å²) >= 11 is 1.56. The molecule has 1 aliphatic carbocycles. The minimum absolute atomic E-state index is 0.123. The van der Waals surface area contributed by atoms with Gasteiger partial charge < -0.3 is 10.6 Å². The second-order valence-corrected chi connectivity index (χ2v) is 9.47. The SMILES string of the molecule is CNC(=O)c1c(NC(=O)c2ccccc2C)sc2c1CC[C@@H](C(C)(C)C)C2. The van der Waals surface area contributed by atoms with Gasteiger partial charge in [-0.2, -0.15) is 0 Å². The molecule has 2 amide bonds. The third-order valence-corrected chi connectivity index (χ3v) is 6.73. The van der Waals surface area contributed by atoms with Crippen LogP contribution >= 0.6 is 11.3 Å². The summed E-state index contributed by atoms with van der Waals surface area (Å²) in [6.07, 6.45) is 2.92. The molecule has 1 heterocycles. The van der Waals surface area contributed by atoms with Crippen molar-refractivity contribution in [2.24, 2.45) is 11.3 Å². The number of thiophene rings is 1. The fraction of sp³-hybridized carbons (Fsp3) is 0.455. The van der Waals surface area contributed by atoms with E-state index in [9.17, 15) is 9.59 Å². The number of fused-ring (bicyclic) bond motifs is 1. The summed E-state index contributed by atoms with van der Waals surface area (Å²) in [5, 5.41) is 6.42. The van der Waals surface area contributed by atoms with Gasteiger partial charge in [-0.05, 0) is 54.7 Å². The Labute approximate surface area is 165 Å². The van der Waals surface area contributed by atoms with Gasteiger partial charge in [0.2, 0.25) is 0 Å². The number of benzene rings is 1. The quantitative estimate of drug-likeness (QED) is 0.797. The fourth-order valence-corrected chi connectivity index (χ4v) is 5.10. The lowest BCUT2D eigenvalue weighted by molar-refractivity contribution is 0.0963. The van der Waals surface area contributed by atoms with Crippen LogP contribution < -0.4 is 10.6 Å². The maximum Gasteiger partial charge on any atom is 0.256 e. The largest absolute Gasteiger partial charge is 0.355 e. The number of hydrogen-bond donors (Lipinski definition) is 2. The molecule has 144 valence electrons. The molecule has 27 heavy (non-hydrogen) atoms. The number of carbonyl (C=O) groups excluding carboxylic acids is 2. The molecule has 0 spiro atoms. The normalized spacial score (nSPS) is 16.6. The van der Waals surface area contributed by atoms with Gasteiger partial charge in [0.25, 0.3) is 11.8 Å². The van der Waals surface area contributed by atoms with Crippen LogP contribution in [0.25, 0.3) is 0 Å². The Morgan fingerprint density at radius 1 is 1.15 bits per heavy atom. The number of anilines is 1. The van der Waals surface area contributed by atoms with Crippen LogP contribution in [0.4, 0.5) is 5.00 Å². The summed E-state index contributed by atoms with van der Waals surface area (Å²) in [7, 11) is 1.64. The Bertz CT molecular complexity index is 877. The van der Waals surface area contributed by atoms with Crippen molar-refractivity contribution >= 4 is 28.2 Å². The lowest BCUT2D eigenvalue weighted by Gasteiger charge is -2.33. The maximum absolute atomic E-state index is 12.8. The monoisotopic (exact) mass is 384 g/mol. The van der Waals surface area contributed by atoms with E-state index in [0.29, 0.717) is 22.0 Å². The van der Waals surface area contributed by atoms with Crippen molar-refractivity contribution in [2.75, 3.05) is 12.4 Å². The first-order chi connectivity index (χ1) is 12.7. The lowest BCUT2D eigenvalue weighted by atomic mass is 9.72. The van der Waals surface area contributed by atoms with E-state index in [0.717, 1.165) is 30.4 Å². The average molecular weight is 385 g/mol. The molecule has 2 aromatic rings. The molecule has 0 saturated heterocycles. The van der Waals surface area contributed by atoms with E-state index >= 15 is 0 Å². The molecule has 4 nitrogen and oxygen atoms in total. The second kappa shape index (κ2) is 7.47. The third-order valence-electron chi connectivity index (χ3n) is 5.56. The fourth-order valence-electron chi connectivity index (χ4n) is 3.78. The van der Waals surface area contributed by atoms with Gasteiger partial charge in [0, 0.05) is 17.5 Å². The van der Waals surface area contributed by atoms with Crippen molar-refractivity contribution in [3.63, 3.8) is 0 Å². The van der Waals surface area contributed by atoms with Crippen LogP contribution in [0.1, 0.15) is 63.9 Å². The summed E-state index contributed by atoms with van der Waals surface area (Å²) in [6, 6.07) is 7.50. The number of amides is 2. The molecule has 1 aromatic carbocycles. The van der Waals surface area contributed by atoms with Crippen LogP contribution in [0.3, 0.4) is 0 Å². The summed E-state index contributed by atoms with van der Waals surface area (Å²) in [6.45, 7) is 8.74. The van der Waals surface area contributed by atoms with Gasteiger partial charge in [0.05, 0.1) is 5.56 Å². The topological polar surface area (TPSA) is 58.2 Å². The van der Waals surface area contributed by atoms with Crippen LogP contribution in [0.15, 0.2) is 24.3 Å². The van der Waals surface area contributed by atoms with E-state index in [1.807, 2.05) is 31.2 Å². The van der Waals surface area contributed by atoms with Crippen molar-refractivity contribution < 1.29 is 9.59 Å². The van der Waals surface area contributed by atoms with E-state index in [4.69, 9.17) is 0 Å². The number of nitrogens with one attached hydrogen (secondary N) is 2. The first-order valence-electron chi connectivity index (χ1n) is 9.46. The highest BCUT2D eigenvalue weighted by molar-refractivity contribution is 7.17. The smallest absolute Gasteiger partial charge is 0.256 e. The van der Waals surface area contributed by atoms with Crippen molar-refractivity contribution in [3.8, 4) is 0 Å². The number of hydrogen-bond acceptors (Lipinski definition) is 3. The van der Waals surface area contributed by atoms with Crippen LogP contribution in [0.5, 0.6) is 0 Å². The summed E-state index contributed by atoms with van der Waals surface area (Å²) in [4.78, 5) is 26.6. The van der Waals surface area contributed by atoms with Gasteiger partial charge in [0.15, 0.2) is 0 Å². The van der Waals surface area contributed by atoms with E-state index in [1.165, 1.54) is 4.88 Å². The third kappa shape index (κ3) is 3.93. The molecule has 3 rings (SSSR count). The first-order valence-corrected chi connectivity index (χ1v) is 10.3. The van der Waals surface area contributed by atoms with Crippen LogP contribution in [-0.2, 0) is 12.8 Å². The van der Waals surface area contributed by atoms with Crippen LogP contribution in [-0.4, -0.2) is 18.9 Å². The van der Waals surface area contributed by atoms with E-state index in [1.54, 1.807) is 18.4 Å². The molecule has 2 N–H and O–H groups in total. The van der Waals surface area contributed by atoms with Crippen molar-refractivity contribution in [3.05, 3.63) is 51.4 Å². The molecule has 1 aromatic heterocycles. The zero-order valence-electron chi connectivity index (χ0n) is 16.7. The highest BCUT2D eigenvalue weighted by Crippen LogP contribution is 2.44. The Balaban J connectivity index is 1.96. The number of aryl methyl sites for hydroxylation is 1. The van der Waals surface area contributed by atoms with Crippen molar-refractivity contribution in [1.29, 1.82) is 0 Å². The first kappa shape index (κ1) is 19.6. The maximum atomic E-state index is 12.8. The Kier molecular flexibility index (Phi) is 5.43. The summed E-state index contributed by atoms with van der Waals surface area (Å²) in [5.41, 5.74) is 3.55. The molecule has 0 radical (unpaired) electrons. The van der Waals surface area contributed by atoms with Crippen LogP contribution in [0, 0.1) is 18.3 Å². The molecule has 1 aliphatic rings. The van der Waals surface area contributed by atoms with E-state index in [2.05, 4.69) is 31.4 Å². The van der Waals surface area contributed by atoms with Crippen molar-refractivity contribution in [1.82, 2.24) is 5.32 Å². The lowest BCUT2D eigenvalue weighted by Crippen LogP contribution is -2.27. The average Bonchev–Trinajstić information content (AvgIpc) is 2.97. The molecular formula is C22H28N2O2S. The minimum atomic E-state index is -0.163. The Morgan fingerprint density at radius 2 is 1.85 bits per heavy atom. The molecule has 0 unspecified atom stereocenters. The number of rotatable bonds is 3. The van der Waals surface area contributed by atoms with Gasteiger partial charge in [-0.25, -0.2) is 0 Å².